The highest BCUT2D eigenvalue weighted by Crippen LogP contribution is 2.34. The van der Waals surface area contributed by atoms with E-state index in [1.807, 2.05) is 0 Å². The van der Waals surface area contributed by atoms with Gasteiger partial charge in [0.15, 0.2) is 0 Å². The van der Waals surface area contributed by atoms with Crippen molar-refractivity contribution in [2.24, 2.45) is 0 Å². The third kappa shape index (κ3) is 6.12. The smallest absolute Gasteiger partial charge is 0.255 e. The van der Waals surface area contributed by atoms with Gasteiger partial charge < -0.3 is 30.1 Å². The van der Waals surface area contributed by atoms with Crippen LogP contribution >= 0.6 is 11.6 Å². The zero-order chi connectivity index (χ0) is 29.1. The van der Waals surface area contributed by atoms with E-state index in [0.717, 1.165) is 12.8 Å². The highest BCUT2D eigenvalue weighted by molar-refractivity contribution is 6.33. The first kappa shape index (κ1) is 28.7. The summed E-state index contributed by atoms with van der Waals surface area (Å²) in [5.74, 6) is -0.647. The topological polar surface area (TPSA) is 126 Å². The van der Waals surface area contributed by atoms with Crippen molar-refractivity contribution in [2.75, 3.05) is 32.2 Å². The van der Waals surface area contributed by atoms with Gasteiger partial charge in [-0.25, -0.2) is 14.4 Å². The third-order valence-corrected chi connectivity index (χ3v) is 7.71. The van der Waals surface area contributed by atoms with Crippen LogP contribution < -0.4 is 15.4 Å². The van der Waals surface area contributed by atoms with Crippen LogP contribution in [0.15, 0.2) is 42.6 Å². The van der Waals surface area contributed by atoms with Gasteiger partial charge in [0.05, 0.1) is 43.2 Å². The molecule has 0 saturated carbocycles. The molecule has 1 saturated heterocycles. The quantitative estimate of drug-likeness (QED) is 0.348. The lowest BCUT2D eigenvalue weighted by atomic mass is 10.0. The SMILES string of the molecule is COc1cccc(C(CO)NC(=O)C(C)N2Cc3c(F)cc(-c4nc(NC5CCOCC5)ncc4Cl)cc3C2=O)c1. The van der Waals surface area contributed by atoms with E-state index in [2.05, 4.69) is 20.6 Å². The summed E-state index contributed by atoms with van der Waals surface area (Å²) < 4.78 is 26.0. The maximum Gasteiger partial charge on any atom is 0.255 e. The average Bonchev–Trinajstić information content (AvgIpc) is 3.33. The standard InChI is InChI=1S/C29H31ClFN5O5/c1-16(27(38)34-25(15-37)17-4-3-5-20(10-17)40-2)36-14-22-21(28(36)39)11-18(12-24(22)31)26-23(30)13-32-29(35-26)33-19-6-8-41-9-7-19/h3-5,10-13,16,19,25,37H,6-9,14-15H2,1-2H3,(H,34,38)(H,32,33,35). The minimum atomic E-state index is -0.935. The molecule has 10 nitrogen and oxygen atoms in total. The molecule has 2 aromatic carbocycles. The van der Waals surface area contributed by atoms with Gasteiger partial charge in [-0.15, -0.1) is 0 Å². The molecule has 3 N–H and O–H groups in total. The van der Waals surface area contributed by atoms with E-state index in [1.54, 1.807) is 37.3 Å². The molecule has 2 amide bonds. The largest absolute Gasteiger partial charge is 0.497 e. The number of halogens is 2. The minimum absolute atomic E-state index is 0.0775. The van der Waals surface area contributed by atoms with Crippen molar-refractivity contribution in [1.82, 2.24) is 20.2 Å². The number of ether oxygens (including phenoxy) is 2. The molecule has 5 rings (SSSR count). The van der Waals surface area contributed by atoms with Crippen LogP contribution in [0.5, 0.6) is 5.75 Å². The van der Waals surface area contributed by atoms with Crippen molar-refractivity contribution in [2.45, 2.75) is 44.4 Å². The van der Waals surface area contributed by atoms with E-state index in [4.69, 9.17) is 21.1 Å². The van der Waals surface area contributed by atoms with E-state index < -0.39 is 29.7 Å². The maximum absolute atomic E-state index is 15.4. The number of carbonyl (C=O) groups excluding carboxylic acids is 2. The Labute approximate surface area is 241 Å². The van der Waals surface area contributed by atoms with E-state index >= 15 is 4.39 Å². The number of nitrogens with zero attached hydrogens (tertiary/aromatic N) is 3. The first-order valence-electron chi connectivity index (χ1n) is 13.3. The van der Waals surface area contributed by atoms with Crippen molar-refractivity contribution in [3.8, 4) is 17.0 Å². The Morgan fingerprint density at radius 2 is 2.07 bits per heavy atom. The average molecular weight is 584 g/mol. The van der Waals surface area contributed by atoms with Gasteiger partial charge in [-0.05, 0) is 49.6 Å². The van der Waals surface area contributed by atoms with E-state index in [9.17, 15) is 14.7 Å². The van der Waals surface area contributed by atoms with Crippen molar-refractivity contribution in [1.29, 1.82) is 0 Å². The maximum atomic E-state index is 15.4. The molecule has 1 aromatic heterocycles. The summed E-state index contributed by atoms with van der Waals surface area (Å²) in [7, 11) is 1.52. The predicted octanol–water partition coefficient (Wildman–Crippen LogP) is 3.73. The Morgan fingerprint density at radius 3 is 2.80 bits per heavy atom. The summed E-state index contributed by atoms with van der Waals surface area (Å²) in [6.45, 7) is 2.41. The number of anilines is 1. The van der Waals surface area contributed by atoms with Crippen LogP contribution in [0.3, 0.4) is 0 Å². The summed E-state index contributed by atoms with van der Waals surface area (Å²) >= 11 is 6.39. The molecule has 3 aromatic rings. The Kier molecular flexibility index (Phi) is 8.67. The molecule has 2 aliphatic heterocycles. The molecule has 0 radical (unpaired) electrons. The Hall–Kier alpha value is -3.80. The Balaban J connectivity index is 1.34. The fourth-order valence-electron chi connectivity index (χ4n) is 5.02. The Morgan fingerprint density at radius 1 is 1.29 bits per heavy atom. The molecule has 2 unspecified atom stereocenters. The molecular weight excluding hydrogens is 553 g/mol. The number of nitrogens with one attached hydrogen (secondary N) is 2. The summed E-state index contributed by atoms with van der Waals surface area (Å²) in [5.41, 5.74) is 1.59. The first-order chi connectivity index (χ1) is 19.8. The summed E-state index contributed by atoms with van der Waals surface area (Å²) in [5, 5.41) is 16.2. The van der Waals surface area contributed by atoms with Gasteiger partial charge in [-0.2, -0.15) is 0 Å². The van der Waals surface area contributed by atoms with Crippen LogP contribution in [0.25, 0.3) is 11.3 Å². The van der Waals surface area contributed by atoms with Gasteiger partial charge >= 0.3 is 0 Å². The van der Waals surface area contributed by atoms with E-state index in [-0.39, 0.29) is 35.3 Å². The molecule has 216 valence electrons. The second-order valence-corrected chi connectivity index (χ2v) is 10.4. The molecular formula is C29H31ClFN5O5. The van der Waals surface area contributed by atoms with Crippen LogP contribution in [0.4, 0.5) is 10.3 Å². The molecule has 2 atom stereocenters. The van der Waals surface area contributed by atoms with Crippen molar-refractivity contribution >= 4 is 29.4 Å². The molecule has 41 heavy (non-hydrogen) atoms. The highest BCUT2D eigenvalue weighted by atomic mass is 35.5. The third-order valence-electron chi connectivity index (χ3n) is 7.43. The van der Waals surface area contributed by atoms with Gasteiger partial charge in [-0.1, -0.05) is 23.7 Å². The highest BCUT2D eigenvalue weighted by Gasteiger charge is 2.37. The van der Waals surface area contributed by atoms with Gasteiger partial charge in [0, 0.05) is 35.9 Å². The minimum Gasteiger partial charge on any atom is -0.497 e. The number of fused-ring (bicyclic) bond motifs is 1. The predicted molar refractivity (Wildman–Crippen MR) is 150 cm³/mol. The van der Waals surface area contributed by atoms with Crippen molar-refractivity contribution < 1.29 is 28.6 Å². The van der Waals surface area contributed by atoms with Crippen molar-refractivity contribution in [3.05, 3.63) is 70.1 Å². The van der Waals surface area contributed by atoms with E-state index in [0.29, 0.717) is 41.7 Å². The summed E-state index contributed by atoms with van der Waals surface area (Å²) in [6, 6.07) is 8.30. The zero-order valence-corrected chi connectivity index (χ0v) is 23.4. The summed E-state index contributed by atoms with van der Waals surface area (Å²) in [4.78, 5) is 36.6. The first-order valence-corrected chi connectivity index (χ1v) is 13.7. The second kappa shape index (κ2) is 12.4. The van der Waals surface area contributed by atoms with Gasteiger partial charge in [0.2, 0.25) is 11.9 Å². The van der Waals surface area contributed by atoms with Crippen LogP contribution in [0, 0.1) is 5.82 Å². The fraction of sp³-hybridized carbons (Fsp3) is 0.379. The molecule has 12 heteroatoms. The van der Waals surface area contributed by atoms with Gasteiger partial charge in [-0.3, -0.25) is 9.59 Å². The summed E-state index contributed by atoms with van der Waals surface area (Å²) in [6.07, 6.45) is 3.06. The number of aliphatic hydroxyl groups is 1. The molecule has 2 aliphatic rings. The molecule has 0 spiro atoms. The monoisotopic (exact) mass is 583 g/mol. The Bertz CT molecular complexity index is 1450. The number of methoxy groups -OCH3 is 1. The zero-order valence-electron chi connectivity index (χ0n) is 22.7. The number of benzene rings is 2. The number of aliphatic hydroxyl groups excluding tert-OH is 1. The number of aromatic nitrogens is 2. The van der Waals surface area contributed by atoms with Crippen LogP contribution in [0.2, 0.25) is 5.02 Å². The molecule has 0 aliphatic carbocycles. The normalized spacial score (nSPS) is 16.7. The van der Waals surface area contributed by atoms with Crippen LogP contribution in [-0.2, 0) is 16.1 Å². The molecule has 3 heterocycles. The number of amides is 2. The fourth-order valence-corrected chi connectivity index (χ4v) is 5.22. The second-order valence-electron chi connectivity index (χ2n) is 10.0. The van der Waals surface area contributed by atoms with Crippen LogP contribution in [0.1, 0.15) is 47.3 Å². The number of hydrogen-bond acceptors (Lipinski definition) is 8. The number of carbonyl (C=O) groups is 2. The molecule has 1 fully saturated rings. The number of rotatable bonds is 9. The number of hydrogen-bond donors (Lipinski definition) is 3. The van der Waals surface area contributed by atoms with Gasteiger partial charge in [0.25, 0.3) is 5.91 Å². The lowest BCUT2D eigenvalue weighted by molar-refractivity contribution is -0.126. The van der Waals surface area contributed by atoms with Crippen LogP contribution in [-0.4, -0.2) is 70.8 Å². The van der Waals surface area contributed by atoms with Gasteiger partial charge in [0.1, 0.15) is 17.6 Å². The lowest BCUT2D eigenvalue weighted by Gasteiger charge is -2.26. The lowest BCUT2D eigenvalue weighted by Crippen LogP contribution is -2.46. The molecule has 0 bridgehead atoms. The van der Waals surface area contributed by atoms with E-state index in [1.165, 1.54) is 24.3 Å². The van der Waals surface area contributed by atoms with Crippen molar-refractivity contribution in [3.63, 3.8) is 0 Å².